The SMILES string of the molecule is CCn1cc(C(C)Nc2ccccc2C(=O)OC)cn1. The highest BCUT2D eigenvalue weighted by Crippen LogP contribution is 2.22. The van der Waals surface area contributed by atoms with E-state index < -0.39 is 0 Å². The molecular formula is C15H19N3O2. The molecule has 1 N–H and O–H groups in total. The van der Waals surface area contributed by atoms with Gasteiger partial charge in [-0.25, -0.2) is 4.79 Å². The Balaban J connectivity index is 2.19. The largest absolute Gasteiger partial charge is 0.465 e. The van der Waals surface area contributed by atoms with Crippen molar-refractivity contribution >= 4 is 11.7 Å². The second-order valence-corrected chi connectivity index (χ2v) is 4.53. The van der Waals surface area contributed by atoms with Gasteiger partial charge in [0, 0.05) is 24.0 Å². The smallest absolute Gasteiger partial charge is 0.339 e. The van der Waals surface area contributed by atoms with Crippen molar-refractivity contribution in [2.45, 2.75) is 26.4 Å². The lowest BCUT2D eigenvalue weighted by Gasteiger charge is -2.16. The fourth-order valence-electron chi connectivity index (χ4n) is 1.99. The van der Waals surface area contributed by atoms with Crippen molar-refractivity contribution in [3.8, 4) is 0 Å². The van der Waals surface area contributed by atoms with Crippen molar-refractivity contribution in [1.29, 1.82) is 0 Å². The van der Waals surface area contributed by atoms with Crippen LogP contribution < -0.4 is 5.32 Å². The van der Waals surface area contributed by atoms with Crippen LogP contribution in [-0.2, 0) is 11.3 Å². The van der Waals surface area contributed by atoms with Gasteiger partial charge >= 0.3 is 5.97 Å². The van der Waals surface area contributed by atoms with E-state index in [1.807, 2.05) is 49.1 Å². The van der Waals surface area contributed by atoms with Gasteiger partial charge in [-0.2, -0.15) is 5.10 Å². The number of aryl methyl sites for hydroxylation is 1. The van der Waals surface area contributed by atoms with Crippen molar-refractivity contribution in [3.63, 3.8) is 0 Å². The average Bonchev–Trinajstić information content (AvgIpc) is 2.96. The van der Waals surface area contributed by atoms with Gasteiger partial charge in [0.05, 0.1) is 24.9 Å². The van der Waals surface area contributed by atoms with Crippen LogP contribution in [0.5, 0.6) is 0 Å². The molecule has 0 saturated heterocycles. The molecule has 0 amide bonds. The average molecular weight is 273 g/mol. The minimum absolute atomic E-state index is 0.0566. The van der Waals surface area contributed by atoms with E-state index in [0.717, 1.165) is 17.8 Å². The molecule has 0 radical (unpaired) electrons. The van der Waals surface area contributed by atoms with E-state index in [1.165, 1.54) is 7.11 Å². The number of esters is 1. The molecule has 1 unspecified atom stereocenters. The van der Waals surface area contributed by atoms with E-state index in [1.54, 1.807) is 6.07 Å². The second-order valence-electron chi connectivity index (χ2n) is 4.53. The van der Waals surface area contributed by atoms with Gasteiger partial charge in [0.15, 0.2) is 0 Å². The number of para-hydroxylation sites is 1. The molecule has 2 aromatic rings. The van der Waals surface area contributed by atoms with Gasteiger partial charge < -0.3 is 10.1 Å². The van der Waals surface area contributed by atoms with Crippen molar-refractivity contribution in [3.05, 3.63) is 47.8 Å². The van der Waals surface area contributed by atoms with Crippen LogP contribution in [0.15, 0.2) is 36.7 Å². The first-order valence-electron chi connectivity index (χ1n) is 6.62. The molecule has 0 aliphatic heterocycles. The van der Waals surface area contributed by atoms with Crippen LogP contribution >= 0.6 is 0 Å². The third-order valence-corrected chi connectivity index (χ3v) is 3.18. The number of hydrogen-bond acceptors (Lipinski definition) is 4. The van der Waals surface area contributed by atoms with Crippen molar-refractivity contribution in [2.75, 3.05) is 12.4 Å². The first-order valence-corrected chi connectivity index (χ1v) is 6.62. The number of nitrogens with zero attached hydrogens (tertiary/aromatic N) is 2. The summed E-state index contributed by atoms with van der Waals surface area (Å²) in [5, 5.41) is 7.58. The standard InChI is InChI=1S/C15H19N3O2/c1-4-18-10-12(9-16-18)11(2)17-14-8-6-5-7-13(14)15(19)20-3/h5-11,17H,4H2,1-3H3. The minimum Gasteiger partial charge on any atom is -0.465 e. The molecule has 2 rings (SSSR count). The molecule has 0 spiro atoms. The van der Waals surface area contributed by atoms with Crippen LogP contribution in [0.4, 0.5) is 5.69 Å². The number of ether oxygens (including phenoxy) is 1. The van der Waals surface area contributed by atoms with Crippen LogP contribution in [0.3, 0.4) is 0 Å². The summed E-state index contributed by atoms with van der Waals surface area (Å²) in [7, 11) is 1.38. The maximum Gasteiger partial charge on any atom is 0.339 e. The molecule has 20 heavy (non-hydrogen) atoms. The topological polar surface area (TPSA) is 56.2 Å². The molecule has 0 fully saturated rings. The summed E-state index contributed by atoms with van der Waals surface area (Å²) in [6.45, 7) is 4.91. The number of rotatable bonds is 5. The highest BCUT2D eigenvalue weighted by molar-refractivity contribution is 5.95. The predicted octanol–water partition coefficient (Wildman–Crippen LogP) is 2.86. The number of nitrogens with one attached hydrogen (secondary N) is 1. The van der Waals surface area contributed by atoms with Crippen LogP contribution in [-0.4, -0.2) is 22.9 Å². The van der Waals surface area contributed by atoms with Crippen molar-refractivity contribution in [2.24, 2.45) is 0 Å². The molecule has 0 aliphatic carbocycles. The number of carbonyl (C=O) groups excluding carboxylic acids is 1. The quantitative estimate of drug-likeness (QED) is 0.851. The van der Waals surface area contributed by atoms with Gasteiger partial charge in [0.25, 0.3) is 0 Å². The lowest BCUT2D eigenvalue weighted by molar-refractivity contribution is 0.0602. The summed E-state index contributed by atoms with van der Waals surface area (Å²) in [5.41, 5.74) is 2.37. The third-order valence-electron chi connectivity index (χ3n) is 3.18. The molecule has 0 aliphatic rings. The molecule has 1 aromatic heterocycles. The van der Waals surface area contributed by atoms with Crippen molar-refractivity contribution < 1.29 is 9.53 Å². The molecule has 5 nitrogen and oxygen atoms in total. The fourth-order valence-corrected chi connectivity index (χ4v) is 1.99. The van der Waals surface area contributed by atoms with E-state index in [4.69, 9.17) is 4.74 Å². The normalized spacial score (nSPS) is 11.9. The van der Waals surface area contributed by atoms with E-state index in [9.17, 15) is 4.79 Å². The predicted molar refractivity (Wildman–Crippen MR) is 77.7 cm³/mol. The number of benzene rings is 1. The molecule has 1 heterocycles. The summed E-state index contributed by atoms with van der Waals surface area (Å²) >= 11 is 0. The minimum atomic E-state index is -0.343. The lowest BCUT2D eigenvalue weighted by atomic mass is 10.1. The van der Waals surface area contributed by atoms with E-state index >= 15 is 0 Å². The zero-order valence-electron chi connectivity index (χ0n) is 12.0. The Labute approximate surface area is 118 Å². The number of aromatic nitrogens is 2. The van der Waals surface area contributed by atoms with Gasteiger partial charge in [-0.05, 0) is 26.0 Å². The molecule has 1 atom stereocenters. The van der Waals surface area contributed by atoms with Gasteiger partial charge in [-0.3, -0.25) is 4.68 Å². The molecule has 0 bridgehead atoms. The number of carbonyl (C=O) groups is 1. The number of hydrogen-bond donors (Lipinski definition) is 1. The van der Waals surface area contributed by atoms with Gasteiger partial charge in [-0.15, -0.1) is 0 Å². The maximum atomic E-state index is 11.7. The van der Waals surface area contributed by atoms with Crippen LogP contribution in [0, 0.1) is 0 Å². The molecule has 106 valence electrons. The molecule has 5 heteroatoms. The zero-order chi connectivity index (χ0) is 14.5. The van der Waals surface area contributed by atoms with Crippen LogP contribution in [0.25, 0.3) is 0 Å². The Bertz CT molecular complexity index is 592. The Morgan fingerprint density at radius 1 is 1.45 bits per heavy atom. The highest BCUT2D eigenvalue weighted by Gasteiger charge is 2.14. The second kappa shape index (κ2) is 6.23. The lowest BCUT2D eigenvalue weighted by Crippen LogP contribution is -2.11. The van der Waals surface area contributed by atoms with Gasteiger partial charge in [0.2, 0.25) is 0 Å². The summed E-state index contributed by atoms with van der Waals surface area (Å²) in [4.78, 5) is 11.7. The Morgan fingerprint density at radius 2 is 2.20 bits per heavy atom. The third kappa shape index (κ3) is 2.99. The molecular weight excluding hydrogens is 254 g/mol. The van der Waals surface area contributed by atoms with E-state index in [2.05, 4.69) is 10.4 Å². The van der Waals surface area contributed by atoms with Gasteiger partial charge in [0.1, 0.15) is 0 Å². The van der Waals surface area contributed by atoms with E-state index in [-0.39, 0.29) is 12.0 Å². The summed E-state index contributed by atoms with van der Waals surface area (Å²) in [5.74, 6) is -0.343. The first-order chi connectivity index (χ1) is 9.65. The van der Waals surface area contributed by atoms with Crippen molar-refractivity contribution in [1.82, 2.24) is 9.78 Å². The maximum absolute atomic E-state index is 11.7. The fraction of sp³-hybridized carbons (Fsp3) is 0.333. The Kier molecular flexibility index (Phi) is 4.40. The van der Waals surface area contributed by atoms with Crippen LogP contribution in [0.1, 0.15) is 35.8 Å². The summed E-state index contributed by atoms with van der Waals surface area (Å²) < 4.78 is 6.67. The summed E-state index contributed by atoms with van der Waals surface area (Å²) in [6, 6.07) is 7.37. The number of methoxy groups -OCH3 is 1. The number of anilines is 1. The Morgan fingerprint density at radius 3 is 2.85 bits per heavy atom. The van der Waals surface area contributed by atoms with Gasteiger partial charge in [-0.1, -0.05) is 12.1 Å². The summed E-state index contributed by atoms with van der Waals surface area (Å²) in [6.07, 6.45) is 3.83. The monoisotopic (exact) mass is 273 g/mol. The van der Waals surface area contributed by atoms with E-state index in [0.29, 0.717) is 5.56 Å². The highest BCUT2D eigenvalue weighted by atomic mass is 16.5. The van der Waals surface area contributed by atoms with Crippen LogP contribution in [0.2, 0.25) is 0 Å². The Hall–Kier alpha value is -2.30. The first kappa shape index (κ1) is 14.1. The zero-order valence-corrected chi connectivity index (χ0v) is 12.0. The molecule has 0 saturated carbocycles. The molecule has 1 aromatic carbocycles.